The third-order valence-electron chi connectivity index (χ3n) is 11.5. The van der Waals surface area contributed by atoms with Crippen molar-refractivity contribution < 1.29 is 48.7 Å². The van der Waals surface area contributed by atoms with E-state index in [0.29, 0.717) is 37.7 Å². The summed E-state index contributed by atoms with van der Waals surface area (Å²) in [5.41, 5.74) is -4.55. The molecule has 0 aromatic carbocycles. The quantitative estimate of drug-likeness (QED) is 0.276. The van der Waals surface area contributed by atoms with Crippen molar-refractivity contribution in [3.8, 4) is 0 Å². The van der Waals surface area contributed by atoms with E-state index < -0.39 is 69.8 Å². The first-order valence-electron chi connectivity index (χ1n) is 15.6. The molecule has 4 aliphatic carbocycles. The number of hydrogen-bond acceptors (Lipinski definition) is 10. The Bertz CT molecular complexity index is 1180. The van der Waals surface area contributed by atoms with E-state index in [0.717, 1.165) is 0 Å². The second-order valence-electron chi connectivity index (χ2n) is 14.9. The number of hydrogen-bond donors (Lipinski definition) is 3. The van der Waals surface area contributed by atoms with Gasteiger partial charge in [0.25, 0.3) is 0 Å². The number of ketones is 1. The van der Waals surface area contributed by atoms with Crippen LogP contribution in [0.4, 0.5) is 0 Å². The Morgan fingerprint density at radius 3 is 2.12 bits per heavy atom. The van der Waals surface area contributed by atoms with E-state index in [4.69, 9.17) is 14.2 Å². The van der Waals surface area contributed by atoms with Gasteiger partial charge in [0.05, 0.1) is 16.8 Å². The van der Waals surface area contributed by atoms with Crippen LogP contribution in [0.2, 0.25) is 0 Å². The van der Waals surface area contributed by atoms with Crippen molar-refractivity contribution >= 4 is 23.7 Å². The molecule has 242 valence electrons. The SMILES string of the molecule is CC(=O)OC(CC[C@](C)(O)[C@H]1CC[C@@]2(O)C3=CC(=O)[C@@H]4C[C@@H](OC(C)=O)[C@@H](OC(C)=O)C[C@]4(C)[C@H]3CC[C@]12C)C(C)(C)O. The van der Waals surface area contributed by atoms with E-state index in [9.17, 15) is 34.5 Å². The number of carbonyl (C=O) groups excluding carboxylic acids is 4. The molecule has 0 aromatic rings. The van der Waals surface area contributed by atoms with E-state index in [2.05, 4.69) is 0 Å². The van der Waals surface area contributed by atoms with E-state index in [1.54, 1.807) is 26.8 Å². The van der Waals surface area contributed by atoms with Gasteiger partial charge in [-0.3, -0.25) is 19.2 Å². The molecule has 4 aliphatic rings. The summed E-state index contributed by atoms with van der Waals surface area (Å²) in [6.07, 6.45) is 2.62. The summed E-state index contributed by atoms with van der Waals surface area (Å²) in [5.74, 6) is -2.55. The number of rotatable bonds is 8. The Morgan fingerprint density at radius 1 is 0.953 bits per heavy atom. The Balaban J connectivity index is 1.63. The summed E-state index contributed by atoms with van der Waals surface area (Å²) in [5, 5.41) is 35.0. The molecule has 10 heteroatoms. The predicted molar refractivity (Wildman–Crippen MR) is 155 cm³/mol. The first-order valence-corrected chi connectivity index (χ1v) is 15.6. The smallest absolute Gasteiger partial charge is 0.303 e. The highest BCUT2D eigenvalue weighted by Crippen LogP contribution is 2.68. The standard InChI is InChI=1S/C33H50O10/c1-18(34)41-25-16-23-24(37)15-22-21(30(23,6)17-26(25)42-19(2)35)9-12-31(7)27(10-14-33(22,31)40)32(8,39)13-11-28(29(4,5)38)43-20(3)36/h15,21,23,25-28,38-40H,9-14,16-17H2,1-8H3/t21-,23-,25+,26-,27-,28?,30+,31+,32-,33+/m0/s1. The molecule has 0 amide bonds. The van der Waals surface area contributed by atoms with Gasteiger partial charge in [0.1, 0.15) is 18.3 Å². The molecule has 3 fully saturated rings. The third-order valence-corrected chi connectivity index (χ3v) is 11.5. The lowest BCUT2D eigenvalue weighted by Gasteiger charge is -2.60. The fourth-order valence-corrected chi connectivity index (χ4v) is 9.35. The van der Waals surface area contributed by atoms with Crippen molar-refractivity contribution in [1.29, 1.82) is 0 Å². The summed E-state index contributed by atoms with van der Waals surface area (Å²) in [4.78, 5) is 49.3. The molecular formula is C33H50O10. The van der Waals surface area contributed by atoms with Gasteiger partial charge in [-0.25, -0.2) is 0 Å². The van der Waals surface area contributed by atoms with Crippen molar-refractivity contribution in [2.45, 2.75) is 142 Å². The molecule has 3 N–H and O–H groups in total. The van der Waals surface area contributed by atoms with E-state index in [1.807, 2.05) is 13.8 Å². The van der Waals surface area contributed by atoms with Crippen molar-refractivity contribution in [3.63, 3.8) is 0 Å². The van der Waals surface area contributed by atoms with E-state index in [1.165, 1.54) is 20.8 Å². The summed E-state index contributed by atoms with van der Waals surface area (Å²) in [7, 11) is 0. The highest BCUT2D eigenvalue weighted by atomic mass is 16.6. The zero-order chi connectivity index (χ0) is 32.3. The average molecular weight is 607 g/mol. The van der Waals surface area contributed by atoms with Gasteiger partial charge < -0.3 is 29.5 Å². The number of carbonyl (C=O) groups is 4. The molecular weight excluding hydrogens is 556 g/mol. The van der Waals surface area contributed by atoms with Crippen molar-refractivity contribution in [1.82, 2.24) is 0 Å². The molecule has 0 bridgehead atoms. The first-order chi connectivity index (χ1) is 19.7. The maximum atomic E-state index is 13.8. The van der Waals surface area contributed by atoms with Gasteiger partial charge in [0, 0.05) is 32.1 Å². The van der Waals surface area contributed by atoms with Gasteiger partial charge in [0.2, 0.25) is 0 Å². The lowest BCUT2D eigenvalue weighted by atomic mass is 9.45. The molecule has 0 saturated heterocycles. The number of fused-ring (bicyclic) bond motifs is 5. The number of esters is 3. The van der Waals surface area contributed by atoms with Gasteiger partial charge in [0.15, 0.2) is 5.78 Å². The van der Waals surface area contributed by atoms with Gasteiger partial charge in [-0.1, -0.05) is 13.8 Å². The molecule has 0 radical (unpaired) electrons. The molecule has 10 nitrogen and oxygen atoms in total. The number of ether oxygens (including phenoxy) is 3. The Morgan fingerprint density at radius 2 is 1.56 bits per heavy atom. The monoisotopic (exact) mass is 606 g/mol. The lowest BCUT2D eigenvalue weighted by Crippen LogP contribution is -2.62. The first kappa shape index (κ1) is 33.6. The highest BCUT2D eigenvalue weighted by molar-refractivity contribution is 5.95. The molecule has 4 rings (SSSR count). The van der Waals surface area contributed by atoms with Crippen molar-refractivity contribution in [3.05, 3.63) is 11.6 Å². The summed E-state index contributed by atoms with van der Waals surface area (Å²) < 4.78 is 16.5. The summed E-state index contributed by atoms with van der Waals surface area (Å²) >= 11 is 0. The van der Waals surface area contributed by atoms with Crippen LogP contribution in [-0.4, -0.2) is 74.1 Å². The van der Waals surface area contributed by atoms with Crippen LogP contribution in [0, 0.1) is 28.6 Å². The topological polar surface area (TPSA) is 157 Å². The lowest BCUT2D eigenvalue weighted by molar-refractivity contribution is -0.188. The van der Waals surface area contributed by atoms with Crippen LogP contribution in [0.1, 0.15) is 107 Å². The van der Waals surface area contributed by atoms with Gasteiger partial charge in [-0.2, -0.15) is 0 Å². The Labute approximate surface area is 254 Å². The molecule has 10 atom stereocenters. The van der Waals surface area contributed by atoms with Crippen molar-refractivity contribution in [2.75, 3.05) is 0 Å². The van der Waals surface area contributed by atoms with Crippen LogP contribution in [-0.2, 0) is 33.4 Å². The molecule has 0 spiro atoms. The largest absolute Gasteiger partial charge is 0.460 e. The molecule has 0 aliphatic heterocycles. The van der Waals surface area contributed by atoms with Crippen LogP contribution in [0.15, 0.2) is 11.6 Å². The van der Waals surface area contributed by atoms with Crippen LogP contribution in [0.3, 0.4) is 0 Å². The Hall–Kier alpha value is -2.30. The van der Waals surface area contributed by atoms with Crippen molar-refractivity contribution in [2.24, 2.45) is 28.6 Å². The highest BCUT2D eigenvalue weighted by Gasteiger charge is 2.68. The minimum Gasteiger partial charge on any atom is -0.460 e. The minimum atomic E-state index is -1.33. The fourth-order valence-electron chi connectivity index (χ4n) is 9.35. The molecule has 43 heavy (non-hydrogen) atoms. The third kappa shape index (κ3) is 5.91. The maximum Gasteiger partial charge on any atom is 0.303 e. The van der Waals surface area contributed by atoms with Gasteiger partial charge in [-0.15, -0.1) is 0 Å². The van der Waals surface area contributed by atoms with Crippen LogP contribution in [0.5, 0.6) is 0 Å². The molecule has 1 unspecified atom stereocenters. The Kier molecular flexibility index (Phi) is 8.79. The second kappa shape index (κ2) is 11.2. The average Bonchev–Trinajstić information content (AvgIpc) is 3.13. The van der Waals surface area contributed by atoms with Gasteiger partial charge in [-0.05, 0) is 101 Å². The number of allylic oxidation sites excluding steroid dienone is 1. The summed E-state index contributed by atoms with van der Waals surface area (Å²) in [6, 6.07) is 0. The zero-order valence-corrected chi connectivity index (χ0v) is 26.9. The number of aliphatic hydroxyl groups is 3. The van der Waals surface area contributed by atoms with Gasteiger partial charge >= 0.3 is 17.9 Å². The van der Waals surface area contributed by atoms with E-state index in [-0.39, 0.29) is 36.9 Å². The van der Waals surface area contributed by atoms with Crippen LogP contribution < -0.4 is 0 Å². The minimum absolute atomic E-state index is 0.130. The maximum absolute atomic E-state index is 13.8. The molecule has 0 heterocycles. The zero-order valence-electron chi connectivity index (χ0n) is 26.9. The second-order valence-corrected chi connectivity index (χ2v) is 14.9. The summed E-state index contributed by atoms with van der Waals surface area (Å²) in [6.45, 7) is 12.8. The van der Waals surface area contributed by atoms with Crippen LogP contribution in [0.25, 0.3) is 0 Å². The molecule has 0 aromatic heterocycles. The predicted octanol–water partition coefficient (Wildman–Crippen LogP) is 3.57. The van der Waals surface area contributed by atoms with Crippen LogP contribution >= 0.6 is 0 Å². The molecule has 3 saturated carbocycles. The van der Waals surface area contributed by atoms with E-state index >= 15 is 0 Å². The fraction of sp³-hybridized carbons (Fsp3) is 0.818. The normalized spacial score (nSPS) is 39.3.